The minimum Gasteiger partial charge on any atom is -0.379 e. The normalized spacial score (nSPS) is 24.6. The number of ether oxygens (including phenoxy) is 1. The van der Waals surface area contributed by atoms with E-state index in [0.29, 0.717) is 19.8 Å². The van der Waals surface area contributed by atoms with Crippen LogP contribution >= 0.6 is 11.3 Å². The molecule has 2 heterocycles. The summed E-state index contributed by atoms with van der Waals surface area (Å²) >= 11 is 1.60. The van der Waals surface area contributed by atoms with E-state index in [1.54, 1.807) is 17.5 Å². The second-order valence-corrected chi connectivity index (χ2v) is 4.75. The van der Waals surface area contributed by atoms with Crippen LogP contribution in [0.1, 0.15) is 5.01 Å². The second kappa shape index (κ2) is 5.38. The fraction of sp³-hybridized carbons (Fsp3) is 0.600. The van der Waals surface area contributed by atoms with E-state index in [4.69, 9.17) is 10.5 Å². The average Bonchev–Trinajstić information content (AvgIpc) is 2.88. The van der Waals surface area contributed by atoms with Crippen molar-refractivity contribution in [2.24, 2.45) is 11.7 Å². The van der Waals surface area contributed by atoms with Crippen LogP contribution in [0.4, 0.5) is 0 Å². The van der Waals surface area contributed by atoms with Gasteiger partial charge in [-0.1, -0.05) is 0 Å². The van der Waals surface area contributed by atoms with E-state index in [2.05, 4.69) is 10.3 Å². The van der Waals surface area contributed by atoms with Gasteiger partial charge in [0, 0.05) is 30.6 Å². The van der Waals surface area contributed by atoms with Crippen LogP contribution in [0.3, 0.4) is 0 Å². The standard InChI is InChI=1S/C10H15N3O2S/c11-8-6-15-5-7(8)10(14)13-2-1-9-12-3-4-16-9/h3-4,7-8H,1-2,5-6,11H2,(H,13,14). The van der Waals surface area contributed by atoms with Gasteiger partial charge in [0.25, 0.3) is 0 Å². The van der Waals surface area contributed by atoms with Crippen molar-refractivity contribution in [2.75, 3.05) is 19.8 Å². The number of nitrogens with zero attached hydrogens (tertiary/aromatic N) is 1. The van der Waals surface area contributed by atoms with Crippen molar-refractivity contribution in [3.8, 4) is 0 Å². The van der Waals surface area contributed by atoms with Crippen molar-refractivity contribution in [2.45, 2.75) is 12.5 Å². The van der Waals surface area contributed by atoms with Crippen LogP contribution in [0.2, 0.25) is 0 Å². The van der Waals surface area contributed by atoms with Crippen molar-refractivity contribution in [1.29, 1.82) is 0 Å². The lowest BCUT2D eigenvalue weighted by Gasteiger charge is -2.12. The Labute approximate surface area is 98.0 Å². The van der Waals surface area contributed by atoms with Crippen LogP contribution in [0.25, 0.3) is 0 Å². The monoisotopic (exact) mass is 241 g/mol. The molecule has 2 rings (SSSR count). The number of hydrogen-bond acceptors (Lipinski definition) is 5. The summed E-state index contributed by atoms with van der Waals surface area (Å²) in [5.41, 5.74) is 5.75. The first-order valence-corrected chi connectivity index (χ1v) is 6.15. The number of rotatable bonds is 4. The zero-order valence-corrected chi connectivity index (χ0v) is 9.70. The van der Waals surface area contributed by atoms with Crippen molar-refractivity contribution < 1.29 is 9.53 Å². The molecule has 1 amide bonds. The highest BCUT2D eigenvalue weighted by Gasteiger charge is 2.30. The van der Waals surface area contributed by atoms with E-state index in [1.165, 1.54) is 0 Å². The lowest BCUT2D eigenvalue weighted by Crippen LogP contribution is -2.41. The smallest absolute Gasteiger partial charge is 0.227 e. The largest absolute Gasteiger partial charge is 0.379 e. The lowest BCUT2D eigenvalue weighted by atomic mass is 10.0. The molecule has 5 nitrogen and oxygen atoms in total. The van der Waals surface area contributed by atoms with Crippen LogP contribution in [0.5, 0.6) is 0 Å². The van der Waals surface area contributed by atoms with E-state index in [9.17, 15) is 4.79 Å². The van der Waals surface area contributed by atoms with Gasteiger partial charge in [0.1, 0.15) is 0 Å². The molecule has 2 unspecified atom stereocenters. The molecule has 0 bridgehead atoms. The number of carbonyl (C=O) groups is 1. The van der Waals surface area contributed by atoms with Gasteiger partial charge in [-0.25, -0.2) is 4.98 Å². The van der Waals surface area contributed by atoms with Gasteiger partial charge in [-0.2, -0.15) is 0 Å². The van der Waals surface area contributed by atoms with Crippen molar-refractivity contribution in [3.63, 3.8) is 0 Å². The molecule has 88 valence electrons. The van der Waals surface area contributed by atoms with Crippen LogP contribution < -0.4 is 11.1 Å². The third kappa shape index (κ3) is 2.78. The molecule has 0 aliphatic carbocycles. The van der Waals surface area contributed by atoms with E-state index in [0.717, 1.165) is 11.4 Å². The predicted molar refractivity (Wildman–Crippen MR) is 61.1 cm³/mol. The topological polar surface area (TPSA) is 77.2 Å². The Morgan fingerprint density at radius 2 is 2.56 bits per heavy atom. The van der Waals surface area contributed by atoms with E-state index in [1.807, 2.05) is 5.38 Å². The molecule has 0 aromatic carbocycles. The fourth-order valence-corrected chi connectivity index (χ4v) is 2.26. The Kier molecular flexibility index (Phi) is 3.87. The van der Waals surface area contributed by atoms with Gasteiger partial charge in [-0.15, -0.1) is 11.3 Å². The number of thiazole rings is 1. The Bertz CT molecular complexity index is 342. The van der Waals surface area contributed by atoms with Gasteiger partial charge in [-0.3, -0.25) is 4.79 Å². The first kappa shape index (κ1) is 11.5. The summed E-state index contributed by atoms with van der Waals surface area (Å²) in [6, 6.07) is -0.167. The maximum atomic E-state index is 11.7. The minimum atomic E-state index is -0.198. The van der Waals surface area contributed by atoms with E-state index < -0.39 is 0 Å². The molecule has 16 heavy (non-hydrogen) atoms. The van der Waals surface area contributed by atoms with Gasteiger partial charge in [-0.05, 0) is 0 Å². The van der Waals surface area contributed by atoms with Gasteiger partial charge in [0.15, 0.2) is 0 Å². The highest BCUT2D eigenvalue weighted by Crippen LogP contribution is 2.11. The Hall–Kier alpha value is -0.980. The molecule has 1 aliphatic heterocycles. The van der Waals surface area contributed by atoms with Gasteiger partial charge in [0.2, 0.25) is 5.91 Å². The molecule has 1 aromatic rings. The molecule has 3 N–H and O–H groups in total. The quantitative estimate of drug-likeness (QED) is 0.763. The molecule has 1 aliphatic rings. The van der Waals surface area contributed by atoms with Gasteiger partial charge >= 0.3 is 0 Å². The Morgan fingerprint density at radius 1 is 1.69 bits per heavy atom. The number of amides is 1. The highest BCUT2D eigenvalue weighted by molar-refractivity contribution is 7.09. The molecule has 1 fully saturated rings. The Morgan fingerprint density at radius 3 is 3.19 bits per heavy atom. The number of carbonyl (C=O) groups excluding carboxylic acids is 1. The van der Waals surface area contributed by atoms with Crippen molar-refractivity contribution >= 4 is 17.2 Å². The molecule has 0 saturated carbocycles. The van der Waals surface area contributed by atoms with E-state index in [-0.39, 0.29) is 17.9 Å². The molecular formula is C10H15N3O2S. The third-order valence-electron chi connectivity index (χ3n) is 2.58. The SMILES string of the molecule is NC1COCC1C(=O)NCCc1nccs1. The Balaban J connectivity index is 1.71. The summed E-state index contributed by atoms with van der Waals surface area (Å²) in [6.07, 6.45) is 2.54. The molecule has 2 atom stereocenters. The maximum Gasteiger partial charge on any atom is 0.227 e. The lowest BCUT2D eigenvalue weighted by molar-refractivity contribution is -0.125. The molecule has 0 spiro atoms. The highest BCUT2D eigenvalue weighted by atomic mass is 32.1. The van der Waals surface area contributed by atoms with Crippen molar-refractivity contribution in [3.05, 3.63) is 16.6 Å². The number of hydrogen-bond donors (Lipinski definition) is 2. The van der Waals surface area contributed by atoms with Gasteiger partial charge < -0.3 is 15.8 Å². The van der Waals surface area contributed by atoms with Crippen LogP contribution in [0, 0.1) is 5.92 Å². The summed E-state index contributed by atoms with van der Waals surface area (Å²) in [5.74, 6) is -0.210. The first-order valence-electron chi connectivity index (χ1n) is 5.27. The van der Waals surface area contributed by atoms with Crippen LogP contribution in [-0.4, -0.2) is 36.7 Å². The summed E-state index contributed by atoms with van der Waals surface area (Å²) in [4.78, 5) is 15.8. The van der Waals surface area contributed by atoms with Gasteiger partial charge in [0.05, 0.1) is 24.1 Å². The molecule has 6 heteroatoms. The second-order valence-electron chi connectivity index (χ2n) is 3.77. The van der Waals surface area contributed by atoms with Crippen LogP contribution in [-0.2, 0) is 16.0 Å². The minimum absolute atomic E-state index is 0.0124. The maximum absolute atomic E-state index is 11.7. The summed E-state index contributed by atoms with van der Waals surface area (Å²) in [6.45, 7) is 1.52. The fourth-order valence-electron chi connectivity index (χ4n) is 1.64. The molecule has 1 aromatic heterocycles. The summed E-state index contributed by atoms with van der Waals surface area (Å²) in [5, 5.41) is 5.82. The predicted octanol–water partition coefficient (Wildman–Crippen LogP) is -0.224. The summed E-state index contributed by atoms with van der Waals surface area (Å²) in [7, 11) is 0. The molecular weight excluding hydrogens is 226 g/mol. The summed E-state index contributed by atoms with van der Waals surface area (Å²) < 4.78 is 5.15. The molecule has 0 radical (unpaired) electrons. The number of nitrogens with one attached hydrogen (secondary N) is 1. The third-order valence-corrected chi connectivity index (χ3v) is 3.42. The van der Waals surface area contributed by atoms with Crippen LogP contribution in [0.15, 0.2) is 11.6 Å². The first-order chi connectivity index (χ1) is 7.77. The number of aromatic nitrogens is 1. The molecule has 1 saturated heterocycles. The zero-order chi connectivity index (χ0) is 11.4. The zero-order valence-electron chi connectivity index (χ0n) is 8.89. The number of nitrogens with two attached hydrogens (primary N) is 1. The average molecular weight is 241 g/mol. The van der Waals surface area contributed by atoms with Crippen molar-refractivity contribution in [1.82, 2.24) is 10.3 Å². The van der Waals surface area contributed by atoms with E-state index >= 15 is 0 Å².